The van der Waals surface area contributed by atoms with Gasteiger partial charge in [0, 0.05) is 14.5 Å². The van der Waals surface area contributed by atoms with Crippen molar-refractivity contribution in [2.24, 2.45) is 5.73 Å². The van der Waals surface area contributed by atoms with Gasteiger partial charge in [-0.15, -0.1) is 0 Å². The minimum atomic E-state index is -1.05. The maximum Gasteiger partial charge on any atom is 0.224 e. The van der Waals surface area contributed by atoms with Crippen LogP contribution in [0.15, 0.2) is 24.3 Å². The lowest BCUT2D eigenvalue weighted by Crippen LogP contribution is -2.49. The van der Waals surface area contributed by atoms with Crippen LogP contribution in [0.1, 0.15) is 71.8 Å². The van der Waals surface area contributed by atoms with E-state index in [1.807, 2.05) is 4.90 Å². The Morgan fingerprint density at radius 1 is 1.19 bits per heavy atom. The van der Waals surface area contributed by atoms with E-state index in [1.54, 1.807) is 6.92 Å². The Morgan fingerprint density at radius 3 is 2.08 bits per heavy atom. The van der Waals surface area contributed by atoms with Gasteiger partial charge in [0.2, 0.25) is 5.91 Å². The van der Waals surface area contributed by atoms with E-state index in [0.29, 0.717) is 5.92 Å². The van der Waals surface area contributed by atoms with Gasteiger partial charge >= 0.3 is 0 Å². The van der Waals surface area contributed by atoms with Crippen LogP contribution in [0.3, 0.4) is 0 Å². The molecule has 0 bridgehead atoms. The molecule has 1 fully saturated rings. The van der Waals surface area contributed by atoms with Gasteiger partial charge in [-0.25, -0.2) is 0 Å². The zero-order valence-corrected chi connectivity index (χ0v) is 17.0. The van der Waals surface area contributed by atoms with E-state index in [2.05, 4.69) is 45.0 Å². The molecule has 2 rings (SSSR count). The van der Waals surface area contributed by atoms with Crippen molar-refractivity contribution in [2.75, 3.05) is 13.1 Å². The van der Waals surface area contributed by atoms with Gasteiger partial charge in [-0.05, 0) is 45.1 Å². The molecule has 1 aromatic carbocycles. The fourth-order valence-electron chi connectivity index (χ4n) is 2.85. The minimum absolute atomic E-state index is 0. The van der Waals surface area contributed by atoms with Crippen LogP contribution in [0.25, 0.3) is 0 Å². The molecule has 1 aliphatic rings. The van der Waals surface area contributed by atoms with Crippen molar-refractivity contribution in [3.05, 3.63) is 35.4 Å². The van der Waals surface area contributed by atoms with Crippen LogP contribution in [0, 0.1) is 6.92 Å². The fraction of sp³-hybridized carbons (Fsp3) is 0.619. The highest BCUT2D eigenvalue weighted by Crippen LogP contribution is 2.28. The van der Waals surface area contributed by atoms with Gasteiger partial charge in [0.25, 0.3) is 0 Å². The Hall–Kier alpha value is -1.72. The summed E-state index contributed by atoms with van der Waals surface area (Å²) in [7, 11) is 0. The van der Waals surface area contributed by atoms with Crippen LogP contribution in [0.4, 0.5) is 0 Å². The Morgan fingerprint density at radius 2 is 1.65 bits per heavy atom. The summed E-state index contributed by atoms with van der Waals surface area (Å²) in [5.41, 5.74) is 7.47. The number of carbonyl (C=O) groups is 2. The van der Waals surface area contributed by atoms with Crippen molar-refractivity contribution in [3.63, 3.8) is 0 Å². The second kappa shape index (κ2) is 11.1. The number of nitrogens with zero attached hydrogens (tertiary/aromatic N) is 1. The number of Topliss-reactive ketones (excluding diaryl/α,β-unsaturated/α-hetero) is 1. The summed E-state index contributed by atoms with van der Waals surface area (Å²) >= 11 is 0. The molecular formula is C21H38N2O3. The van der Waals surface area contributed by atoms with Gasteiger partial charge in [-0.3, -0.25) is 9.59 Å². The second-order valence-corrected chi connectivity index (χ2v) is 7.42. The van der Waals surface area contributed by atoms with Crippen LogP contribution in [-0.2, 0) is 9.59 Å². The predicted molar refractivity (Wildman–Crippen MR) is 109 cm³/mol. The van der Waals surface area contributed by atoms with Crippen LogP contribution >= 0.6 is 0 Å². The smallest absolute Gasteiger partial charge is 0.224 e. The van der Waals surface area contributed by atoms with Crippen molar-refractivity contribution in [1.82, 2.24) is 4.90 Å². The maximum atomic E-state index is 12.3. The number of nitrogens with two attached hydrogens (primary N) is 1. The van der Waals surface area contributed by atoms with Crippen LogP contribution in [0.5, 0.6) is 0 Å². The molecule has 1 aromatic rings. The largest absolute Gasteiger partial charge is 0.412 e. The van der Waals surface area contributed by atoms with Gasteiger partial charge in [0.15, 0.2) is 0 Å². The van der Waals surface area contributed by atoms with E-state index in [-0.39, 0.29) is 25.0 Å². The number of amides is 1. The highest BCUT2D eigenvalue weighted by atomic mass is 16.2. The van der Waals surface area contributed by atoms with Crippen molar-refractivity contribution in [1.29, 1.82) is 0 Å². The molecule has 0 aliphatic carbocycles. The summed E-state index contributed by atoms with van der Waals surface area (Å²) in [5, 5.41) is 0. The summed E-state index contributed by atoms with van der Waals surface area (Å²) in [4.78, 5) is 25.6. The zero-order valence-electron chi connectivity index (χ0n) is 17.0. The number of aryl methyl sites for hydroxylation is 1. The van der Waals surface area contributed by atoms with Gasteiger partial charge in [-0.2, -0.15) is 0 Å². The molecule has 1 saturated heterocycles. The summed E-state index contributed by atoms with van der Waals surface area (Å²) in [6, 6.07) is 8.65. The summed E-state index contributed by atoms with van der Waals surface area (Å²) in [6.45, 7) is 10.9. The van der Waals surface area contributed by atoms with E-state index in [9.17, 15) is 9.59 Å². The fourth-order valence-corrected chi connectivity index (χ4v) is 2.85. The SMILES string of the molecule is CC(=O)C(C)(N)CC(=O)N1CCC(c2ccc(C)cc2)CC1.CCC.O.[HH]. The first-order valence-corrected chi connectivity index (χ1v) is 9.35. The molecule has 1 unspecified atom stereocenters. The average Bonchev–Trinajstić information content (AvgIpc) is 2.56. The van der Waals surface area contributed by atoms with Crippen molar-refractivity contribution in [2.45, 2.75) is 71.8 Å². The number of rotatable bonds is 4. The van der Waals surface area contributed by atoms with Crippen molar-refractivity contribution in [3.8, 4) is 0 Å². The number of hydrogen-bond acceptors (Lipinski definition) is 3. The first kappa shape index (κ1) is 24.3. The van der Waals surface area contributed by atoms with Crippen molar-refractivity contribution >= 4 is 11.7 Å². The van der Waals surface area contributed by atoms with E-state index >= 15 is 0 Å². The average molecular weight is 367 g/mol. The predicted octanol–water partition coefficient (Wildman–Crippen LogP) is 3.24. The lowest BCUT2D eigenvalue weighted by Gasteiger charge is -2.34. The lowest BCUT2D eigenvalue weighted by atomic mass is 9.88. The summed E-state index contributed by atoms with van der Waals surface area (Å²) in [5.74, 6) is 0.361. The molecule has 4 N–H and O–H groups in total. The third-order valence-corrected chi connectivity index (χ3v) is 4.72. The molecule has 1 amide bonds. The Labute approximate surface area is 159 Å². The molecule has 0 aromatic heterocycles. The highest BCUT2D eigenvalue weighted by molar-refractivity contribution is 5.91. The Bertz CT molecular complexity index is 565. The number of likely N-dealkylation sites (tertiary alicyclic amines) is 1. The third kappa shape index (κ3) is 7.26. The summed E-state index contributed by atoms with van der Waals surface area (Å²) in [6.07, 6.45) is 3.28. The van der Waals surface area contributed by atoms with Crippen molar-refractivity contribution < 1.29 is 16.5 Å². The molecule has 1 heterocycles. The Kier molecular flexibility index (Phi) is 10.4. The number of hydrogen-bond donors (Lipinski definition) is 1. The van der Waals surface area contributed by atoms with Gasteiger partial charge in [-0.1, -0.05) is 50.1 Å². The number of piperidine rings is 1. The first-order valence-electron chi connectivity index (χ1n) is 9.35. The number of benzene rings is 1. The molecule has 5 nitrogen and oxygen atoms in total. The maximum absolute atomic E-state index is 12.3. The normalized spacial score (nSPS) is 16.6. The van der Waals surface area contributed by atoms with Gasteiger partial charge in [0.05, 0.1) is 12.0 Å². The topological polar surface area (TPSA) is 94.9 Å². The van der Waals surface area contributed by atoms with Crippen LogP contribution in [-0.4, -0.2) is 40.7 Å². The Balaban J connectivity index is 0. The zero-order chi connectivity index (χ0) is 19.0. The molecule has 5 heteroatoms. The second-order valence-electron chi connectivity index (χ2n) is 7.42. The minimum Gasteiger partial charge on any atom is -0.412 e. The third-order valence-electron chi connectivity index (χ3n) is 4.72. The molecule has 1 atom stereocenters. The van der Waals surface area contributed by atoms with E-state index in [0.717, 1.165) is 25.9 Å². The first-order chi connectivity index (χ1) is 11.7. The van der Waals surface area contributed by atoms with Crippen LogP contribution < -0.4 is 5.73 Å². The monoisotopic (exact) mass is 366 g/mol. The molecule has 26 heavy (non-hydrogen) atoms. The van der Waals surface area contributed by atoms with E-state index in [4.69, 9.17) is 5.73 Å². The molecule has 0 spiro atoms. The molecule has 150 valence electrons. The van der Waals surface area contributed by atoms with Gasteiger partial charge in [0.1, 0.15) is 5.78 Å². The molecule has 1 aliphatic heterocycles. The van der Waals surface area contributed by atoms with E-state index < -0.39 is 5.54 Å². The van der Waals surface area contributed by atoms with E-state index in [1.165, 1.54) is 24.5 Å². The molecular weight excluding hydrogens is 328 g/mol. The van der Waals surface area contributed by atoms with Crippen LogP contribution in [0.2, 0.25) is 0 Å². The lowest BCUT2D eigenvalue weighted by molar-refractivity contribution is -0.136. The molecule has 0 saturated carbocycles. The standard InChI is InChI=1S/C18H26N2O2.C3H8.H2O.H2/c1-13-4-6-15(7-5-13)16-8-10-20(11-9-16)17(22)12-18(3,19)14(2)21;1-3-2;;/h4-7,16H,8-12,19H2,1-3H3;3H2,1-2H3;1H2;1H. The quantitative estimate of drug-likeness (QED) is 0.886. The number of ketones is 1. The summed E-state index contributed by atoms with van der Waals surface area (Å²) < 4.78 is 0. The molecule has 0 radical (unpaired) electrons. The number of carbonyl (C=O) groups excluding carboxylic acids is 2. The van der Waals surface area contributed by atoms with Gasteiger partial charge < -0.3 is 16.1 Å². The highest BCUT2D eigenvalue weighted by Gasteiger charge is 2.31.